The van der Waals surface area contributed by atoms with Crippen molar-refractivity contribution in [1.82, 2.24) is 25.1 Å². The maximum absolute atomic E-state index is 12.9. The normalized spacial score (nSPS) is 17.2. The monoisotopic (exact) mass is 353 g/mol. The minimum atomic E-state index is 0.0878. The predicted molar refractivity (Wildman–Crippen MR) is 96.4 cm³/mol. The molecule has 1 aromatic carbocycles. The van der Waals surface area contributed by atoms with E-state index in [0.29, 0.717) is 12.4 Å². The van der Waals surface area contributed by atoms with Crippen LogP contribution in [0.1, 0.15) is 28.8 Å². The Labute approximate surface area is 150 Å². The largest absolute Gasteiger partial charge is 0.334 e. The summed E-state index contributed by atoms with van der Waals surface area (Å²) < 4.78 is 0. The Balaban J connectivity index is 1.49. The van der Waals surface area contributed by atoms with Crippen molar-refractivity contribution in [3.63, 3.8) is 0 Å². The van der Waals surface area contributed by atoms with Crippen LogP contribution < -0.4 is 0 Å². The lowest BCUT2D eigenvalue weighted by molar-refractivity contribution is 0.0717. The number of hydrogen-bond donors (Lipinski definition) is 0. The Kier molecular flexibility index (Phi) is 4.31. The lowest BCUT2D eigenvalue weighted by Crippen LogP contribution is -2.38. The molecule has 7 heteroatoms. The summed E-state index contributed by atoms with van der Waals surface area (Å²) in [5.74, 6) is 0.731. The average molecular weight is 353 g/mol. The Hall–Kier alpha value is -2.54. The van der Waals surface area contributed by atoms with Gasteiger partial charge in [-0.1, -0.05) is 23.8 Å². The Morgan fingerprint density at radius 1 is 1.32 bits per heavy atom. The lowest BCUT2D eigenvalue weighted by Gasteiger charge is -2.24. The highest BCUT2D eigenvalue weighted by Gasteiger charge is 2.30. The van der Waals surface area contributed by atoms with Crippen molar-refractivity contribution in [2.75, 3.05) is 6.54 Å². The van der Waals surface area contributed by atoms with Gasteiger partial charge in [0.25, 0.3) is 5.91 Å². The molecule has 0 spiro atoms. The summed E-state index contributed by atoms with van der Waals surface area (Å²) in [6, 6.07) is 11.8. The van der Waals surface area contributed by atoms with Crippen molar-refractivity contribution in [1.29, 1.82) is 0 Å². The summed E-state index contributed by atoms with van der Waals surface area (Å²) in [6.45, 7) is 3.36. The maximum Gasteiger partial charge on any atom is 0.254 e. The number of rotatable bonds is 4. The number of aryl methyl sites for hydroxylation is 1. The van der Waals surface area contributed by atoms with Crippen molar-refractivity contribution < 1.29 is 4.79 Å². The summed E-state index contributed by atoms with van der Waals surface area (Å²) in [4.78, 5) is 17.4. The third-order valence-corrected chi connectivity index (χ3v) is 5.34. The molecule has 1 atom stereocenters. The number of thiophene rings is 1. The van der Waals surface area contributed by atoms with Gasteiger partial charge in [0.05, 0.1) is 17.5 Å². The fourth-order valence-corrected chi connectivity index (χ4v) is 3.90. The van der Waals surface area contributed by atoms with Gasteiger partial charge in [0.1, 0.15) is 0 Å². The Morgan fingerprint density at radius 2 is 2.24 bits per heavy atom. The second-order valence-electron chi connectivity index (χ2n) is 6.31. The van der Waals surface area contributed by atoms with Crippen molar-refractivity contribution in [2.24, 2.45) is 0 Å². The highest BCUT2D eigenvalue weighted by molar-refractivity contribution is 7.13. The van der Waals surface area contributed by atoms with Crippen LogP contribution >= 0.6 is 11.3 Å². The van der Waals surface area contributed by atoms with Crippen LogP contribution in [0.4, 0.5) is 0 Å². The van der Waals surface area contributed by atoms with E-state index in [4.69, 9.17) is 0 Å². The predicted octanol–water partition coefficient (Wildman–Crippen LogP) is 3.01. The van der Waals surface area contributed by atoms with Gasteiger partial charge in [-0.3, -0.25) is 4.79 Å². The van der Waals surface area contributed by atoms with Crippen LogP contribution in [0.15, 0.2) is 41.8 Å². The molecule has 3 aromatic rings. The first-order chi connectivity index (χ1) is 12.2. The molecule has 0 N–H and O–H groups in total. The number of aromatic nitrogens is 4. The molecule has 3 heterocycles. The fraction of sp³-hybridized carbons (Fsp3) is 0.333. The smallest absolute Gasteiger partial charge is 0.254 e. The van der Waals surface area contributed by atoms with Gasteiger partial charge in [0.2, 0.25) is 5.82 Å². The molecule has 1 saturated heterocycles. The lowest BCUT2D eigenvalue weighted by atomic mass is 10.1. The van der Waals surface area contributed by atoms with E-state index in [1.807, 2.05) is 53.6 Å². The number of hydrogen-bond acceptors (Lipinski definition) is 5. The maximum atomic E-state index is 12.9. The van der Waals surface area contributed by atoms with Crippen LogP contribution in [0.2, 0.25) is 0 Å². The Bertz CT molecular complexity index is 873. The molecule has 6 nitrogen and oxygen atoms in total. The van der Waals surface area contributed by atoms with Crippen LogP contribution in [0.25, 0.3) is 10.7 Å². The van der Waals surface area contributed by atoms with E-state index < -0.39 is 0 Å². The zero-order valence-corrected chi connectivity index (χ0v) is 14.8. The van der Waals surface area contributed by atoms with Crippen LogP contribution in [-0.2, 0) is 6.54 Å². The molecule has 1 aliphatic rings. The summed E-state index contributed by atoms with van der Waals surface area (Å²) in [6.07, 6.45) is 1.97. The molecule has 0 unspecified atom stereocenters. The number of carbonyl (C=O) groups is 1. The van der Waals surface area contributed by atoms with E-state index in [0.717, 1.165) is 35.4 Å². The van der Waals surface area contributed by atoms with Gasteiger partial charge < -0.3 is 4.90 Å². The van der Waals surface area contributed by atoms with E-state index in [-0.39, 0.29) is 11.9 Å². The number of likely N-dealkylation sites (tertiary alicyclic amines) is 1. The number of nitrogens with zero attached hydrogens (tertiary/aromatic N) is 5. The fourth-order valence-electron chi connectivity index (χ4n) is 3.25. The second-order valence-corrected chi connectivity index (χ2v) is 7.26. The summed E-state index contributed by atoms with van der Waals surface area (Å²) >= 11 is 1.59. The molecule has 1 amide bonds. The molecular weight excluding hydrogens is 334 g/mol. The molecule has 0 radical (unpaired) electrons. The molecule has 1 fully saturated rings. The molecule has 0 bridgehead atoms. The average Bonchev–Trinajstić information content (AvgIpc) is 3.36. The molecule has 2 aromatic heterocycles. The summed E-state index contributed by atoms with van der Waals surface area (Å²) in [7, 11) is 0. The first-order valence-electron chi connectivity index (χ1n) is 8.40. The highest BCUT2D eigenvalue weighted by atomic mass is 32.1. The van der Waals surface area contributed by atoms with E-state index in [2.05, 4.69) is 15.4 Å². The molecule has 4 rings (SSSR count). The standard InChI is InChI=1S/C18H19N5OS/c1-13-5-2-6-14(11-13)18(24)22-9-3-7-15(22)12-23-20-17(19-21-23)16-8-4-10-25-16/h2,4-6,8,10-11,15H,3,7,9,12H2,1H3/t15-/m0/s1. The zero-order valence-electron chi connectivity index (χ0n) is 14.0. The quantitative estimate of drug-likeness (QED) is 0.723. The van der Waals surface area contributed by atoms with Crippen molar-refractivity contribution in [3.05, 3.63) is 52.9 Å². The topological polar surface area (TPSA) is 63.9 Å². The number of carbonyl (C=O) groups excluding carboxylic acids is 1. The zero-order chi connectivity index (χ0) is 17.2. The molecule has 25 heavy (non-hydrogen) atoms. The van der Waals surface area contributed by atoms with Gasteiger partial charge in [-0.25, -0.2) is 0 Å². The third kappa shape index (κ3) is 3.32. The van der Waals surface area contributed by atoms with Gasteiger partial charge in [0, 0.05) is 12.1 Å². The van der Waals surface area contributed by atoms with Crippen LogP contribution in [0, 0.1) is 6.92 Å². The van der Waals surface area contributed by atoms with E-state index >= 15 is 0 Å². The first-order valence-corrected chi connectivity index (χ1v) is 9.28. The molecule has 128 valence electrons. The highest BCUT2D eigenvalue weighted by Crippen LogP contribution is 2.23. The molecular formula is C18H19N5OS. The number of amides is 1. The third-order valence-electron chi connectivity index (χ3n) is 4.47. The SMILES string of the molecule is Cc1cccc(C(=O)N2CCC[C@H]2Cn2nnc(-c3cccs3)n2)c1. The van der Waals surface area contributed by atoms with Crippen molar-refractivity contribution in [2.45, 2.75) is 32.4 Å². The van der Waals surface area contributed by atoms with Crippen LogP contribution in [-0.4, -0.2) is 43.6 Å². The van der Waals surface area contributed by atoms with E-state index in [1.165, 1.54) is 0 Å². The first kappa shape index (κ1) is 16.0. The van der Waals surface area contributed by atoms with E-state index in [9.17, 15) is 4.79 Å². The minimum absolute atomic E-state index is 0.0878. The molecule has 0 aliphatic carbocycles. The summed E-state index contributed by atoms with van der Waals surface area (Å²) in [5, 5.41) is 14.7. The van der Waals surface area contributed by atoms with Gasteiger partial charge in [-0.05, 0) is 48.6 Å². The molecule has 1 aliphatic heterocycles. The Morgan fingerprint density at radius 3 is 3.04 bits per heavy atom. The van der Waals surface area contributed by atoms with E-state index in [1.54, 1.807) is 16.1 Å². The van der Waals surface area contributed by atoms with Gasteiger partial charge >= 0.3 is 0 Å². The van der Waals surface area contributed by atoms with Crippen molar-refractivity contribution in [3.8, 4) is 10.7 Å². The van der Waals surface area contributed by atoms with Gasteiger partial charge in [-0.2, -0.15) is 4.80 Å². The van der Waals surface area contributed by atoms with Gasteiger partial charge in [-0.15, -0.1) is 21.5 Å². The van der Waals surface area contributed by atoms with Crippen molar-refractivity contribution >= 4 is 17.2 Å². The number of benzene rings is 1. The van der Waals surface area contributed by atoms with Crippen LogP contribution in [0.5, 0.6) is 0 Å². The number of tetrazole rings is 1. The second kappa shape index (κ2) is 6.76. The molecule has 0 saturated carbocycles. The summed E-state index contributed by atoms with van der Waals surface area (Å²) in [5.41, 5.74) is 1.85. The van der Waals surface area contributed by atoms with Gasteiger partial charge in [0.15, 0.2) is 0 Å². The van der Waals surface area contributed by atoms with Crippen LogP contribution in [0.3, 0.4) is 0 Å². The minimum Gasteiger partial charge on any atom is -0.334 e.